The zero-order chi connectivity index (χ0) is 11.5. The summed E-state index contributed by atoms with van der Waals surface area (Å²) >= 11 is 0. The van der Waals surface area contributed by atoms with E-state index in [9.17, 15) is 0 Å². The summed E-state index contributed by atoms with van der Waals surface area (Å²) < 4.78 is 0. The third kappa shape index (κ3) is 2.24. The number of hydrogen-bond donors (Lipinski definition) is 1. The highest BCUT2D eigenvalue weighted by molar-refractivity contribution is 5.91. The molecule has 1 fully saturated rings. The van der Waals surface area contributed by atoms with Gasteiger partial charge in [-0.25, -0.2) is 9.99 Å². The Morgan fingerprint density at radius 3 is 2.71 bits per heavy atom. The van der Waals surface area contributed by atoms with Crippen molar-refractivity contribution in [1.29, 1.82) is 0 Å². The Morgan fingerprint density at radius 1 is 1.00 bits per heavy atom. The number of benzene rings is 1. The van der Waals surface area contributed by atoms with E-state index >= 15 is 0 Å². The Balaban J connectivity index is 1.89. The van der Waals surface area contributed by atoms with Gasteiger partial charge in [-0.1, -0.05) is 30.7 Å². The fourth-order valence-electron chi connectivity index (χ4n) is 2.36. The molecule has 3 nitrogen and oxygen atoms in total. The minimum Gasteiger partial charge on any atom is -0.303 e. The molecule has 1 aliphatic heterocycles. The first kappa shape index (κ1) is 10.5. The molecule has 0 bridgehead atoms. The fraction of sp³-hybridized carbons (Fsp3) is 0.357. The van der Waals surface area contributed by atoms with Crippen LogP contribution in [0.2, 0.25) is 0 Å². The van der Waals surface area contributed by atoms with Gasteiger partial charge in [-0.15, -0.1) is 0 Å². The van der Waals surface area contributed by atoms with Gasteiger partial charge in [0.15, 0.2) is 0 Å². The summed E-state index contributed by atoms with van der Waals surface area (Å²) in [6.45, 7) is 2.23. The Labute approximate surface area is 101 Å². The SMILES string of the molecule is c1ccc2c(NN3CCCCC3)nccc2c1. The van der Waals surface area contributed by atoms with Crippen LogP contribution in [0.15, 0.2) is 36.5 Å². The van der Waals surface area contributed by atoms with Crippen molar-refractivity contribution in [3.8, 4) is 0 Å². The van der Waals surface area contributed by atoms with Crippen molar-refractivity contribution in [2.75, 3.05) is 18.5 Å². The quantitative estimate of drug-likeness (QED) is 0.854. The molecule has 88 valence electrons. The van der Waals surface area contributed by atoms with Crippen LogP contribution in [0.25, 0.3) is 10.8 Å². The number of fused-ring (bicyclic) bond motifs is 1. The number of aromatic nitrogens is 1. The number of rotatable bonds is 2. The first-order chi connectivity index (χ1) is 8.43. The lowest BCUT2D eigenvalue weighted by Crippen LogP contribution is -2.35. The van der Waals surface area contributed by atoms with Gasteiger partial charge in [-0.3, -0.25) is 0 Å². The van der Waals surface area contributed by atoms with Gasteiger partial charge in [0.05, 0.1) is 0 Å². The number of anilines is 1. The van der Waals surface area contributed by atoms with Crippen molar-refractivity contribution in [3.05, 3.63) is 36.5 Å². The third-order valence-corrected chi connectivity index (χ3v) is 3.29. The van der Waals surface area contributed by atoms with Crippen LogP contribution in [-0.4, -0.2) is 23.1 Å². The van der Waals surface area contributed by atoms with Crippen molar-refractivity contribution < 1.29 is 0 Å². The molecule has 3 rings (SSSR count). The summed E-state index contributed by atoms with van der Waals surface area (Å²) in [6.07, 6.45) is 5.77. The number of nitrogens with one attached hydrogen (secondary N) is 1. The maximum absolute atomic E-state index is 4.45. The lowest BCUT2D eigenvalue weighted by atomic mass is 10.1. The van der Waals surface area contributed by atoms with Gasteiger partial charge in [0.2, 0.25) is 0 Å². The summed E-state index contributed by atoms with van der Waals surface area (Å²) in [6, 6.07) is 10.4. The smallest absolute Gasteiger partial charge is 0.148 e. The van der Waals surface area contributed by atoms with Crippen LogP contribution in [-0.2, 0) is 0 Å². The Kier molecular flexibility index (Phi) is 2.92. The predicted molar refractivity (Wildman–Crippen MR) is 70.8 cm³/mol. The van der Waals surface area contributed by atoms with Crippen LogP contribution in [0.4, 0.5) is 5.82 Å². The van der Waals surface area contributed by atoms with E-state index < -0.39 is 0 Å². The molecular weight excluding hydrogens is 210 g/mol. The van der Waals surface area contributed by atoms with E-state index in [0.717, 1.165) is 18.9 Å². The second-order valence-electron chi connectivity index (χ2n) is 4.54. The average molecular weight is 227 g/mol. The van der Waals surface area contributed by atoms with Crippen LogP contribution < -0.4 is 5.43 Å². The molecule has 0 atom stereocenters. The highest BCUT2D eigenvalue weighted by atomic mass is 15.5. The van der Waals surface area contributed by atoms with E-state index in [-0.39, 0.29) is 0 Å². The van der Waals surface area contributed by atoms with Crippen LogP contribution in [0.1, 0.15) is 19.3 Å². The molecule has 1 aromatic heterocycles. The van der Waals surface area contributed by atoms with Crippen molar-refractivity contribution in [3.63, 3.8) is 0 Å². The van der Waals surface area contributed by atoms with E-state index in [4.69, 9.17) is 0 Å². The van der Waals surface area contributed by atoms with Crippen LogP contribution in [0.5, 0.6) is 0 Å². The van der Waals surface area contributed by atoms with E-state index in [1.807, 2.05) is 6.20 Å². The number of hydrazine groups is 1. The maximum atomic E-state index is 4.45. The molecule has 0 aliphatic carbocycles. The predicted octanol–water partition coefficient (Wildman–Crippen LogP) is 3.05. The largest absolute Gasteiger partial charge is 0.303 e. The van der Waals surface area contributed by atoms with Crippen LogP contribution >= 0.6 is 0 Å². The molecule has 0 saturated carbocycles. The van der Waals surface area contributed by atoms with E-state index in [2.05, 4.69) is 45.8 Å². The molecule has 2 heterocycles. The van der Waals surface area contributed by atoms with Gasteiger partial charge in [-0.05, 0) is 24.3 Å². The molecule has 1 saturated heterocycles. The molecule has 1 N–H and O–H groups in total. The maximum Gasteiger partial charge on any atom is 0.148 e. The first-order valence-electron chi connectivity index (χ1n) is 6.29. The van der Waals surface area contributed by atoms with Gasteiger partial charge in [0, 0.05) is 24.7 Å². The standard InChI is InChI=1S/C14H17N3/c1-4-10-17(11-5-1)16-14-13-7-3-2-6-12(13)8-9-15-14/h2-3,6-9H,1,4-5,10-11H2,(H,15,16). The summed E-state index contributed by atoms with van der Waals surface area (Å²) in [5.74, 6) is 0.977. The molecule has 2 aromatic rings. The van der Waals surface area contributed by atoms with E-state index in [1.54, 1.807) is 0 Å². The third-order valence-electron chi connectivity index (χ3n) is 3.29. The van der Waals surface area contributed by atoms with Crippen molar-refractivity contribution in [1.82, 2.24) is 9.99 Å². The molecule has 0 radical (unpaired) electrons. The number of hydrogen-bond acceptors (Lipinski definition) is 3. The summed E-state index contributed by atoms with van der Waals surface area (Å²) in [4.78, 5) is 4.45. The summed E-state index contributed by atoms with van der Waals surface area (Å²) in [5, 5.41) is 4.71. The lowest BCUT2D eigenvalue weighted by Gasteiger charge is -2.27. The average Bonchev–Trinajstić information content (AvgIpc) is 2.40. The number of piperidine rings is 1. The molecule has 0 spiro atoms. The van der Waals surface area contributed by atoms with Crippen LogP contribution in [0, 0.1) is 0 Å². The monoisotopic (exact) mass is 227 g/mol. The minimum atomic E-state index is 0.977. The van der Waals surface area contributed by atoms with Crippen molar-refractivity contribution in [2.24, 2.45) is 0 Å². The Hall–Kier alpha value is -1.61. The van der Waals surface area contributed by atoms with E-state index in [1.165, 1.54) is 30.0 Å². The summed E-state index contributed by atoms with van der Waals surface area (Å²) in [7, 11) is 0. The number of pyridine rings is 1. The molecule has 3 heteroatoms. The highest BCUT2D eigenvalue weighted by Crippen LogP contribution is 2.21. The Bertz CT molecular complexity index is 498. The first-order valence-corrected chi connectivity index (χ1v) is 6.29. The highest BCUT2D eigenvalue weighted by Gasteiger charge is 2.11. The second kappa shape index (κ2) is 4.72. The normalized spacial score (nSPS) is 17.2. The topological polar surface area (TPSA) is 28.2 Å². The molecular formula is C14H17N3. The van der Waals surface area contributed by atoms with Gasteiger partial charge in [0.25, 0.3) is 0 Å². The van der Waals surface area contributed by atoms with Crippen molar-refractivity contribution in [2.45, 2.75) is 19.3 Å². The van der Waals surface area contributed by atoms with Gasteiger partial charge >= 0.3 is 0 Å². The van der Waals surface area contributed by atoms with Crippen molar-refractivity contribution >= 4 is 16.6 Å². The molecule has 1 aliphatic rings. The zero-order valence-corrected chi connectivity index (χ0v) is 9.89. The Morgan fingerprint density at radius 2 is 1.82 bits per heavy atom. The molecule has 0 unspecified atom stereocenters. The minimum absolute atomic E-state index is 0.977. The van der Waals surface area contributed by atoms with Gasteiger partial charge in [0.1, 0.15) is 5.82 Å². The van der Waals surface area contributed by atoms with Gasteiger partial charge in [-0.2, -0.15) is 0 Å². The fourth-order valence-corrected chi connectivity index (χ4v) is 2.36. The summed E-state index contributed by atoms with van der Waals surface area (Å²) in [5.41, 5.74) is 3.45. The van der Waals surface area contributed by atoms with Gasteiger partial charge < -0.3 is 5.43 Å². The number of nitrogens with zero attached hydrogens (tertiary/aromatic N) is 2. The molecule has 0 amide bonds. The molecule has 1 aromatic carbocycles. The van der Waals surface area contributed by atoms with Crippen LogP contribution in [0.3, 0.4) is 0 Å². The lowest BCUT2D eigenvalue weighted by molar-refractivity contribution is 0.272. The zero-order valence-electron chi connectivity index (χ0n) is 9.89. The second-order valence-corrected chi connectivity index (χ2v) is 4.54. The molecule has 17 heavy (non-hydrogen) atoms. The van der Waals surface area contributed by atoms with E-state index in [0.29, 0.717) is 0 Å².